The van der Waals surface area contributed by atoms with Gasteiger partial charge in [0.2, 0.25) is 10.0 Å². The van der Waals surface area contributed by atoms with Gasteiger partial charge in [-0.1, -0.05) is 6.07 Å². The van der Waals surface area contributed by atoms with Crippen LogP contribution in [-0.2, 0) is 19.6 Å². The van der Waals surface area contributed by atoms with E-state index in [0.29, 0.717) is 5.69 Å². The molecule has 7 nitrogen and oxygen atoms in total. The number of carbonyl (C=O) groups excluding carboxylic acids is 2. The van der Waals surface area contributed by atoms with Gasteiger partial charge in [0.05, 0.1) is 10.5 Å². The lowest BCUT2D eigenvalue weighted by atomic mass is 10.2. The third-order valence-electron chi connectivity index (χ3n) is 3.61. The number of carbonyl (C=O) groups is 2. The maximum atomic E-state index is 12.9. The lowest BCUT2D eigenvalue weighted by molar-refractivity contribution is -0.123. The summed E-state index contributed by atoms with van der Waals surface area (Å²) in [5, 5.41) is 2.49. The molecule has 27 heavy (non-hydrogen) atoms. The van der Waals surface area contributed by atoms with Gasteiger partial charge in [-0.05, 0) is 49.4 Å². The number of nitrogens with zero attached hydrogens (tertiary/aromatic N) is 1. The molecule has 1 atom stereocenters. The molecule has 0 aliphatic rings. The molecule has 9 heteroatoms. The van der Waals surface area contributed by atoms with E-state index in [9.17, 15) is 22.4 Å². The summed E-state index contributed by atoms with van der Waals surface area (Å²) in [6.45, 7) is 1.37. The van der Waals surface area contributed by atoms with Crippen LogP contribution in [0.2, 0.25) is 0 Å². The molecular weight excluding hydrogens is 375 g/mol. The minimum absolute atomic E-state index is 0.000595. The van der Waals surface area contributed by atoms with E-state index in [1.54, 1.807) is 0 Å². The molecule has 2 aromatic rings. The molecule has 0 aromatic heterocycles. The van der Waals surface area contributed by atoms with E-state index in [1.165, 1.54) is 69.6 Å². The van der Waals surface area contributed by atoms with Crippen molar-refractivity contribution in [3.05, 3.63) is 59.9 Å². The Morgan fingerprint density at radius 1 is 1.11 bits per heavy atom. The molecule has 0 aliphatic carbocycles. The van der Waals surface area contributed by atoms with Crippen molar-refractivity contribution in [3.8, 4) is 0 Å². The van der Waals surface area contributed by atoms with Gasteiger partial charge in [0.15, 0.2) is 6.10 Å². The number of hydrogen-bond donors (Lipinski definition) is 1. The summed E-state index contributed by atoms with van der Waals surface area (Å²) in [5.41, 5.74) is 0.350. The van der Waals surface area contributed by atoms with E-state index in [2.05, 4.69) is 5.32 Å². The number of rotatable bonds is 6. The van der Waals surface area contributed by atoms with Gasteiger partial charge in [-0.15, -0.1) is 0 Å². The first-order chi connectivity index (χ1) is 12.6. The predicted molar refractivity (Wildman–Crippen MR) is 97.2 cm³/mol. The molecule has 0 saturated carbocycles. The summed E-state index contributed by atoms with van der Waals surface area (Å²) in [6, 6.07) is 10.5. The molecule has 0 aliphatic heterocycles. The Bertz CT molecular complexity index is 942. The Morgan fingerprint density at radius 3 is 2.33 bits per heavy atom. The Kier molecular flexibility index (Phi) is 6.29. The maximum absolute atomic E-state index is 12.9. The molecule has 0 unspecified atom stereocenters. The van der Waals surface area contributed by atoms with E-state index in [1.807, 2.05) is 0 Å². The molecule has 0 bridgehead atoms. The highest BCUT2D eigenvalue weighted by atomic mass is 32.2. The van der Waals surface area contributed by atoms with Gasteiger partial charge < -0.3 is 10.1 Å². The highest BCUT2D eigenvalue weighted by Gasteiger charge is 2.22. The van der Waals surface area contributed by atoms with E-state index < -0.39 is 33.8 Å². The van der Waals surface area contributed by atoms with Crippen LogP contribution in [-0.4, -0.2) is 44.8 Å². The summed E-state index contributed by atoms with van der Waals surface area (Å²) in [7, 11) is -0.952. The number of ether oxygens (including phenoxy) is 1. The van der Waals surface area contributed by atoms with E-state index in [0.717, 1.165) is 4.31 Å². The van der Waals surface area contributed by atoms with Crippen molar-refractivity contribution < 1.29 is 27.1 Å². The first kappa shape index (κ1) is 20.5. The van der Waals surface area contributed by atoms with Crippen LogP contribution >= 0.6 is 0 Å². The molecule has 2 rings (SSSR count). The second-order valence-corrected chi connectivity index (χ2v) is 8.01. The van der Waals surface area contributed by atoms with Gasteiger partial charge in [-0.3, -0.25) is 4.79 Å². The monoisotopic (exact) mass is 394 g/mol. The number of anilines is 1. The van der Waals surface area contributed by atoms with Crippen molar-refractivity contribution in [1.82, 2.24) is 4.31 Å². The number of benzene rings is 2. The van der Waals surface area contributed by atoms with Crippen molar-refractivity contribution >= 4 is 27.6 Å². The van der Waals surface area contributed by atoms with Gasteiger partial charge in [0, 0.05) is 19.8 Å². The van der Waals surface area contributed by atoms with Crippen molar-refractivity contribution in [2.45, 2.75) is 17.9 Å². The van der Waals surface area contributed by atoms with Gasteiger partial charge in [-0.2, -0.15) is 0 Å². The predicted octanol–water partition coefficient (Wildman–Crippen LogP) is 2.26. The second kappa shape index (κ2) is 8.28. The molecule has 0 fully saturated rings. The largest absolute Gasteiger partial charge is 0.449 e. The lowest BCUT2D eigenvalue weighted by Gasteiger charge is -2.15. The maximum Gasteiger partial charge on any atom is 0.338 e. The van der Waals surface area contributed by atoms with Gasteiger partial charge in [0.1, 0.15) is 5.82 Å². The molecule has 2 aromatic carbocycles. The van der Waals surface area contributed by atoms with Gasteiger partial charge in [-0.25, -0.2) is 21.9 Å². The molecule has 1 amide bonds. The molecule has 1 N–H and O–H groups in total. The summed E-state index contributed by atoms with van der Waals surface area (Å²) in [4.78, 5) is 24.3. The Labute approximate surface area is 156 Å². The molecule has 0 saturated heterocycles. The van der Waals surface area contributed by atoms with Crippen LogP contribution in [0, 0.1) is 5.82 Å². The third kappa shape index (κ3) is 5.11. The molecule has 0 spiro atoms. The Hall–Kier alpha value is -2.78. The van der Waals surface area contributed by atoms with Gasteiger partial charge in [0.25, 0.3) is 5.91 Å². The zero-order valence-electron chi connectivity index (χ0n) is 15.0. The van der Waals surface area contributed by atoms with Crippen molar-refractivity contribution in [1.29, 1.82) is 0 Å². The molecule has 0 heterocycles. The van der Waals surface area contributed by atoms with Crippen LogP contribution in [0.15, 0.2) is 53.4 Å². The number of halogens is 1. The molecule has 144 valence electrons. The Morgan fingerprint density at radius 2 is 1.74 bits per heavy atom. The standard InChI is InChI=1S/C18H19FN2O5S/c1-12(17(22)20-15-9-7-14(19)8-10-15)26-18(23)13-5-4-6-16(11-13)27(24,25)21(2)3/h4-12H,1-3H3,(H,20,22)/t12-/m0/s1. The highest BCUT2D eigenvalue weighted by molar-refractivity contribution is 7.89. The van der Waals surface area contributed by atoms with Crippen LogP contribution in [0.4, 0.5) is 10.1 Å². The van der Waals surface area contributed by atoms with Crippen LogP contribution in [0.3, 0.4) is 0 Å². The van der Waals surface area contributed by atoms with Crippen LogP contribution in [0.25, 0.3) is 0 Å². The minimum atomic E-state index is -3.71. The van der Waals surface area contributed by atoms with Crippen molar-refractivity contribution in [3.63, 3.8) is 0 Å². The van der Waals surface area contributed by atoms with E-state index >= 15 is 0 Å². The summed E-state index contributed by atoms with van der Waals surface area (Å²) in [6.07, 6.45) is -1.14. The average molecular weight is 394 g/mol. The fourth-order valence-electron chi connectivity index (χ4n) is 2.05. The first-order valence-electron chi connectivity index (χ1n) is 7.91. The number of amides is 1. The number of nitrogens with one attached hydrogen (secondary N) is 1. The topological polar surface area (TPSA) is 92.8 Å². The first-order valence-corrected chi connectivity index (χ1v) is 9.35. The zero-order chi connectivity index (χ0) is 20.2. The molecular formula is C18H19FN2O5S. The minimum Gasteiger partial charge on any atom is -0.449 e. The van der Waals surface area contributed by atoms with Gasteiger partial charge >= 0.3 is 5.97 Å². The van der Waals surface area contributed by atoms with E-state index in [4.69, 9.17) is 4.74 Å². The van der Waals surface area contributed by atoms with Crippen LogP contribution < -0.4 is 5.32 Å². The number of esters is 1. The lowest BCUT2D eigenvalue weighted by Crippen LogP contribution is -2.30. The number of hydrogen-bond acceptors (Lipinski definition) is 5. The highest BCUT2D eigenvalue weighted by Crippen LogP contribution is 2.16. The molecule has 0 radical (unpaired) electrons. The third-order valence-corrected chi connectivity index (χ3v) is 5.42. The SMILES string of the molecule is C[C@H](OC(=O)c1cccc(S(=O)(=O)N(C)C)c1)C(=O)Nc1ccc(F)cc1. The van der Waals surface area contributed by atoms with Crippen LogP contribution in [0.1, 0.15) is 17.3 Å². The second-order valence-electron chi connectivity index (χ2n) is 5.86. The average Bonchev–Trinajstić information content (AvgIpc) is 2.63. The number of sulfonamides is 1. The fraction of sp³-hybridized carbons (Fsp3) is 0.222. The quantitative estimate of drug-likeness (QED) is 0.759. The fourth-order valence-corrected chi connectivity index (χ4v) is 3.00. The summed E-state index contributed by atoms with van der Waals surface area (Å²) in [5.74, 6) is -1.89. The Balaban J connectivity index is 2.08. The van der Waals surface area contributed by atoms with E-state index in [-0.39, 0.29) is 10.5 Å². The van der Waals surface area contributed by atoms with Crippen LogP contribution in [0.5, 0.6) is 0 Å². The zero-order valence-corrected chi connectivity index (χ0v) is 15.8. The normalized spacial score (nSPS) is 12.5. The van der Waals surface area contributed by atoms with Crippen molar-refractivity contribution in [2.75, 3.05) is 19.4 Å². The summed E-state index contributed by atoms with van der Waals surface area (Å²) >= 11 is 0. The van der Waals surface area contributed by atoms with Crippen molar-refractivity contribution in [2.24, 2.45) is 0 Å². The smallest absolute Gasteiger partial charge is 0.338 e. The summed E-state index contributed by atoms with van der Waals surface area (Å²) < 4.78 is 43.3.